The Morgan fingerprint density at radius 1 is 1.26 bits per heavy atom. The van der Waals surface area contributed by atoms with Gasteiger partial charge in [-0.15, -0.1) is 0 Å². The summed E-state index contributed by atoms with van der Waals surface area (Å²) in [5, 5.41) is 3.55. The van der Waals surface area contributed by atoms with Crippen molar-refractivity contribution in [2.24, 2.45) is 0 Å². The van der Waals surface area contributed by atoms with E-state index in [9.17, 15) is 9.59 Å². The first-order valence-electron chi connectivity index (χ1n) is 10.1. The summed E-state index contributed by atoms with van der Waals surface area (Å²) in [5.41, 5.74) is 0.518. The third kappa shape index (κ3) is 5.63. The first kappa shape index (κ1) is 19.5. The number of hydrogen-bond acceptors (Lipinski definition) is 4. The molecule has 1 heterocycles. The maximum Gasteiger partial charge on any atom is 0.258 e. The van der Waals surface area contributed by atoms with Crippen LogP contribution >= 0.6 is 0 Å². The molecule has 6 nitrogen and oxygen atoms in total. The Hall–Kier alpha value is -2.21. The average molecular weight is 370 g/mol. The minimum Gasteiger partial charge on any atom is -0.356 e. The van der Waals surface area contributed by atoms with Gasteiger partial charge in [-0.05, 0) is 45.0 Å². The van der Waals surface area contributed by atoms with Gasteiger partial charge in [0.15, 0.2) is 0 Å². The molecule has 0 unspecified atom stereocenters. The molecular formula is C21H30N4O2. The molecule has 27 heavy (non-hydrogen) atoms. The number of nitrogens with zero attached hydrogens (tertiary/aromatic N) is 2. The van der Waals surface area contributed by atoms with Gasteiger partial charge in [-0.1, -0.05) is 31.4 Å². The van der Waals surface area contributed by atoms with E-state index in [1.165, 1.54) is 32.1 Å². The van der Waals surface area contributed by atoms with E-state index >= 15 is 0 Å². The van der Waals surface area contributed by atoms with Crippen molar-refractivity contribution >= 4 is 16.8 Å². The van der Waals surface area contributed by atoms with Crippen LogP contribution in [0.3, 0.4) is 0 Å². The zero-order chi connectivity index (χ0) is 19.1. The molecule has 1 aromatic carbocycles. The van der Waals surface area contributed by atoms with Crippen LogP contribution in [-0.2, 0) is 11.2 Å². The lowest BCUT2D eigenvalue weighted by Gasteiger charge is -2.31. The van der Waals surface area contributed by atoms with Gasteiger partial charge >= 0.3 is 0 Å². The zero-order valence-corrected chi connectivity index (χ0v) is 16.2. The summed E-state index contributed by atoms with van der Waals surface area (Å²) in [7, 11) is 2.19. The molecule has 2 aromatic rings. The van der Waals surface area contributed by atoms with Crippen LogP contribution in [0, 0.1) is 0 Å². The second-order valence-corrected chi connectivity index (χ2v) is 7.51. The lowest BCUT2D eigenvalue weighted by molar-refractivity contribution is -0.121. The molecule has 0 saturated heterocycles. The highest BCUT2D eigenvalue weighted by molar-refractivity contribution is 5.78. The monoisotopic (exact) mass is 370 g/mol. The second-order valence-electron chi connectivity index (χ2n) is 7.51. The largest absolute Gasteiger partial charge is 0.356 e. The normalized spacial score (nSPS) is 15.3. The van der Waals surface area contributed by atoms with Gasteiger partial charge < -0.3 is 15.2 Å². The van der Waals surface area contributed by atoms with Crippen molar-refractivity contribution in [2.75, 3.05) is 20.1 Å². The third-order valence-corrected chi connectivity index (χ3v) is 5.46. The molecule has 6 heteroatoms. The number of carbonyl (C=O) groups excluding carboxylic acids is 1. The van der Waals surface area contributed by atoms with Gasteiger partial charge in [-0.3, -0.25) is 9.59 Å². The van der Waals surface area contributed by atoms with E-state index in [0.717, 1.165) is 13.0 Å². The molecule has 1 aliphatic rings. The third-order valence-electron chi connectivity index (χ3n) is 5.46. The van der Waals surface area contributed by atoms with Crippen LogP contribution in [0.1, 0.15) is 50.8 Å². The highest BCUT2D eigenvalue weighted by Crippen LogP contribution is 2.21. The Balaban J connectivity index is 1.38. The summed E-state index contributed by atoms with van der Waals surface area (Å²) in [6.07, 6.45) is 8.40. The molecule has 1 amide bonds. The van der Waals surface area contributed by atoms with Gasteiger partial charge in [0.1, 0.15) is 5.82 Å². The average Bonchev–Trinajstić information content (AvgIpc) is 2.70. The number of carbonyl (C=O) groups is 1. The maximum atomic E-state index is 12.1. The van der Waals surface area contributed by atoms with E-state index in [2.05, 4.69) is 27.2 Å². The molecule has 1 saturated carbocycles. The van der Waals surface area contributed by atoms with Crippen molar-refractivity contribution < 1.29 is 4.79 Å². The predicted molar refractivity (Wildman–Crippen MR) is 108 cm³/mol. The van der Waals surface area contributed by atoms with Gasteiger partial charge in [0.25, 0.3) is 5.56 Å². The summed E-state index contributed by atoms with van der Waals surface area (Å²) in [6, 6.07) is 7.96. The van der Waals surface area contributed by atoms with Gasteiger partial charge in [0.2, 0.25) is 5.91 Å². The van der Waals surface area contributed by atoms with Gasteiger partial charge in [-0.2, -0.15) is 0 Å². The van der Waals surface area contributed by atoms with Crippen LogP contribution in [0.15, 0.2) is 29.1 Å². The molecule has 3 rings (SSSR count). The summed E-state index contributed by atoms with van der Waals surface area (Å²) >= 11 is 0. The minimum absolute atomic E-state index is 0.00567. The highest BCUT2D eigenvalue weighted by atomic mass is 16.1. The number of aromatic nitrogens is 2. The fourth-order valence-corrected chi connectivity index (χ4v) is 3.83. The van der Waals surface area contributed by atoms with Crippen molar-refractivity contribution in [2.45, 2.75) is 57.4 Å². The smallest absolute Gasteiger partial charge is 0.258 e. The SMILES string of the molecule is CN(CCCNC(=O)CCc1nc2ccccc2c(=O)[nH]1)C1CCCCC1. The number of hydrogen-bond donors (Lipinski definition) is 2. The summed E-state index contributed by atoms with van der Waals surface area (Å²) in [6.45, 7) is 1.71. The quantitative estimate of drug-likeness (QED) is 0.700. The van der Waals surface area contributed by atoms with Crippen LogP contribution in [0.25, 0.3) is 10.9 Å². The van der Waals surface area contributed by atoms with E-state index in [1.54, 1.807) is 6.07 Å². The van der Waals surface area contributed by atoms with Gasteiger partial charge in [0, 0.05) is 25.4 Å². The number of rotatable bonds is 8. The van der Waals surface area contributed by atoms with E-state index in [4.69, 9.17) is 0 Å². The molecule has 0 bridgehead atoms. The Bertz CT molecular complexity index is 811. The molecular weight excluding hydrogens is 340 g/mol. The molecule has 0 atom stereocenters. The zero-order valence-electron chi connectivity index (χ0n) is 16.2. The number of aryl methyl sites for hydroxylation is 1. The van der Waals surface area contributed by atoms with E-state index in [-0.39, 0.29) is 11.5 Å². The Morgan fingerprint density at radius 3 is 2.85 bits per heavy atom. The summed E-state index contributed by atoms with van der Waals surface area (Å²) in [4.78, 5) is 33.8. The van der Waals surface area contributed by atoms with Crippen LogP contribution < -0.4 is 10.9 Å². The van der Waals surface area contributed by atoms with Crippen molar-refractivity contribution in [3.63, 3.8) is 0 Å². The van der Waals surface area contributed by atoms with Crippen molar-refractivity contribution in [3.8, 4) is 0 Å². The number of nitrogens with one attached hydrogen (secondary N) is 2. The Morgan fingerprint density at radius 2 is 2.04 bits per heavy atom. The summed E-state index contributed by atoms with van der Waals surface area (Å²) in [5.74, 6) is 0.567. The predicted octanol–water partition coefficient (Wildman–Crippen LogP) is 2.63. The van der Waals surface area contributed by atoms with E-state index < -0.39 is 0 Å². The van der Waals surface area contributed by atoms with Crippen LogP contribution in [0.2, 0.25) is 0 Å². The number of benzene rings is 1. The lowest BCUT2D eigenvalue weighted by Crippen LogP contribution is -2.35. The van der Waals surface area contributed by atoms with E-state index in [0.29, 0.717) is 42.2 Å². The van der Waals surface area contributed by atoms with Crippen LogP contribution in [-0.4, -0.2) is 47.0 Å². The first-order chi connectivity index (χ1) is 13.1. The molecule has 0 aliphatic heterocycles. The fourth-order valence-electron chi connectivity index (χ4n) is 3.83. The second kappa shape index (κ2) is 9.65. The maximum absolute atomic E-state index is 12.1. The van der Waals surface area contributed by atoms with Crippen molar-refractivity contribution in [1.29, 1.82) is 0 Å². The number of fused-ring (bicyclic) bond motifs is 1. The molecule has 146 valence electrons. The highest BCUT2D eigenvalue weighted by Gasteiger charge is 2.17. The summed E-state index contributed by atoms with van der Waals surface area (Å²) < 4.78 is 0. The van der Waals surface area contributed by atoms with E-state index in [1.807, 2.05) is 18.2 Å². The van der Waals surface area contributed by atoms with Gasteiger partial charge in [-0.25, -0.2) is 4.98 Å². The molecule has 1 fully saturated rings. The van der Waals surface area contributed by atoms with Crippen LogP contribution in [0.4, 0.5) is 0 Å². The molecule has 1 aliphatic carbocycles. The molecule has 0 radical (unpaired) electrons. The topological polar surface area (TPSA) is 78.1 Å². The van der Waals surface area contributed by atoms with Crippen molar-refractivity contribution in [1.82, 2.24) is 20.2 Å². The van der Waals surface area contributed by atoms with Gasteiger partial charge in [0.05, 0.1) is 10.9 Å². The molecule has 1 aromatic heterocycles. The number of H-pyrrole nitrogens is 1. The Labute approximate surface area is 160 Å². The minimum atomic E-state index is -0.151. The van der Waals surface area contributed by atoms with Crippen molar-refractivity contribution in [3.05, 3.63) is 40.4 Å². The first-order valence-corrected chi connectivity index (χ1v) is 10.1. The lowest BCUT2D eigenvalue weighted by atomic mass is 9.94. The van der Waals surface area contributed by atoms with Crippen LogP contribution in [0.5, 0.6) is 0 Å². The Kier molecular flexibility index (Phi) is 6.98. The molecule has 0 spiro atoms. The number of amides is 1. The standard InChI is InChI=1S/C21H30N4O2/c1-25(16-8-3-2-4-9-16)15-7-14-22-20(26)13-12-19-23-18-11-6-5-10-17(18)21(27)24-19/h5-6,10-11,16H,2-4,7-9,12-15H2,1H3,(H,22,26)(H,23,24,27). The number of para-hydroxylation sites is 1. The molecule has 2 N–H and O–H groups in total. The number of aromatic amines is 1. The fraction of sp³-hybridized carbons (Fsp3) is 0.571.